The zero-order valence-corrected chi connectivity index (χ0v) is 17.0. The Bertz CT molecular complexity index is 802. The Hall–Kier alpha value is -2.62. The molecule has 4 nitrogen and oxygen atoms in total. The molecule has 0 heterocycles. The van der Waals surface area contributed by atoms with Gasteiger partial charge in [0.15, 0.2) is 0 Å². The highest BCUT2D eigenvalue weighted by Gasteiger charge is 2.13. The van der Waals surface area contributed by atoms with Crippen molar-refractivity contribution in [2.24, 2.45) is 0 Å². The summed E-state index contributed by atoms with van der Waals surface area (Å²) >= 11 is 0. The summed E-state index contributed by atoms with van der Waals surface area (Å²) in [5, 5.41) is 5.54. The molecule has 0 fully saturated rings. The van der Waals surface area contributed by atoms with E-state index in [9.17, 15) is 9.59 Å². The molecule has 144 valence electrons. The minimum Gasteiger partial charge on any atom is -0.347 e. The van der Waals surface area contributed by atoms with Crippen molar-refractivity contribution in [3.63, 3.8) is 0 Å². The molecule has 2 rings (SSSR count). The second-order valence-electron chi connectivity index (χ2n) is 8.02. The van der Waals surface area contributed by atoms with Crippen molar-refractivity contribution >= 4 is 17.5 Å². The van der Waals surface area contributed by atoms with Crippen LogP contribution in [0.5, 0.6) is 0 Å². The molecule has 0 spiro atoms. The van der Waals surface area contributed by atoms with Crippen LogP contribution in [0.2, 0.25) is 0 Å². The van der Waals surface area contributed by atoms with Gasteiger partial charge in [-0.1, -0.05) is 57.2 Å². The van der Waals surface area contributed by atoms with Crippen LogP contribution in [0, 0.1) is 13.8 Å². The molecule has 0 aliphatic rings. The molecule has 0 saturated carbocycles. The average molecular weight is 367 g/mol. The van der Waals surface area contributed by atoms with Crippen LogP contribution >= 0.6 is 0 Å². The van der Waals surface area contributed by atoms with E-state index in [0.717, 1.165) is 22.4 Å². The molecule has 2 aromatic carbocycles. The first kappa shape index (κ1) is 20.7. The molecule has 0 aromatic heterocycles. The van der Waals surface area contributed by atoms with Crippen molar-refractivity contribution < 1.29 is 9.59 Å². The van der Waals surface area contributed by atoms with E-state index in [1.54, 1.807) is 0 Å². The van der Waals surface area contributed by atoms with Crippen LogP contribution in [0.4, 0.5) is 5.69 Å². The molecule has 0 radical (unpaired) electrons. The minimum atomic E-state index is -0.216. The fourth-order valence-electron chi connectivity index (χ4n) is 2.78. The Kier molecular flexibility index (Phi) is 6.78. The largest absolute Gasteiger partial charge is 0.347 e. The van der Waals surface area contributed by atoms with Gasteiger partial charge in [-0.2, -0.15) is 0 Å². The first-order chi connectivity index (χ1) is 12.7. The maximum Gasteiger partial charge on any atom is 0.243 e. The van der Waals surface area contributed by atoms with Crippen LogP contribution in [0.3, 0.4) is 0 Å². The molecule has 0 atom stereocenters. The van der Waals surface area contributed by atoms with Crippen molar-refractivity contribution in [3.05, 3.63) is 64.7 Å². The topological polar surface area (TPSA) is 58.2 Å². The van der Waals surface area contributed by atoms with Crippen LogP contribution in [0.1, 0.15) is 49.4 Å². The monoisotopic (exact) mass is 366 g/mol. The molecule has 0 aliphatic heterocycles. The summed E-state index contributed by atoms with van der Waals surface area (Å²) in [5.74, 6) is -0.336. The Morgan fingerprint density at radius 1 is 0.926 bits per heavy atom. The zero-order valence-electron chi connectivity index (χ0n) is 17.0. The lowest BCUT2D eigenvalue weighted by Gasteiger charge is -2.19. The van der Waals surface area contributed by atoms with Crippen molar-refractivity contribution in [1.29, 1.82) is 0 Å². The summed E-state index contributed by atoms with van der Waals surface area (Å²) in [6.45, 7) is 10.5. The van der Waals surface area contributed by atoms with Gasteiger partial charge in [0.1, 0.15) is 0 Å². The Balaban J connectivity index is 1.77. The predicted molar refractivity (Wildman–Crippen MR) is 111 cm³/mol. The molecule has 2 aromatic rings. The highest BCUT2D eigenvalue weighted by Crippen LogP contribution is 2.22. The number of amides is 2. The van der Waals surface area contributed by atoms with E-state index in [2.05, 4.69) is 55.7 Å². The van der Waals surface area contributed by atoms with Gasteiger partial charge in [0, 0.05) is 12.1 Å². The smallest absolute Gasteiger partial charge is 0.243 e. The molecule has 0 aliphatic carbocycles. The van der Waals surface area contributed by atoms with Gasteiger partial charge < -0.3 is 10.6 Å². The van der Waals surface area contributed by atoms with Crippen LogP contribution in [0.15, 0.2) is 42.5 Å². The number of nitrogens with one attached hydrogen (secondary N) is 2. The van der Waals surface area contributed by atoms with E-state index in [0.29, 0.717) is 12.8 Å². The first-order valence-corrected chi connectivity index (χ1v) is 9.39. The molecule has 0 bridgehead atoms. The van der Waals surface area contributed by atoms with Crippen LogP contribution < -0.4 is 10.6 Å². The van der Waals surface area contributed by atoms with Crippen molar-refractivity contribution in [1.82, 2.24) is 5.32 Å². The molecule has 2 N–H and O–H groups in total. The molecular weight excluding hydrogens is 336 g/mol. The fourth-order valence-corrected chi connectivity index (χ4v) is 2.78. The van der Waals surface area contributed by atoms with E-state index < -0.39 is 0 Å². The highest BCUT2D eigenvalue weighted by molar-refractivity contribution is 5.95. The summed E-state index contributed by atoms with van der Waals surface area (Å²) < 4.78 is 0. The van der Waals surface area contributed by atoms with Crippen LogP contribution in [-0.2, 0) is 21.4 Å². The van der Waals surface area contributed by atoms with Gasteiger partial charge in [-0.3, -0.25) is 9.59 Å². The minimum absolute atomic E-state index is 0.0187. The van der Waals surface area contributed by atoms with Crippen LogP contribution in [-0.4, -0.2) is 18.4 Å². The lowest BCUT2D eigenvalue weighted by Crippen LogP contribution is -2.33. The number of hydrogen-bond acceptors (Lipinski definition) is 2. The highest BCUT2D eigenvalue weighted by atomic mass is 16.2. The third-order valence-corrected chi connectivity index (χ3v) is 4.79. The molecule has 4 heteroatoms. The number of anilines is 1. The van der Waals surface area contributed by atoms with Gasteiger partial charge in [0.25, 0.3) is 0 Å². The van der Waals surface area contributed by atoms with Crippen molar-refractivity contribution in [2.75, 3.05) is 11.9 Å². The van der Waals surface area contributed by atoms with Gasteiger partial charge in [-0.25, -0.2) is 0 Å². The third-order valence-electron chi connectivity index (χ3n) is 4.79. The van der Waals surface area contributed by atoms with E-state index in [4.69, 9.17) is 0 Å². The zero-order chi connectivity index (χ0) is 20.0. The quantitative estimate of drug-likeness (QED) is 0.801. The third kappa shape index (κ3) is 6.24. The van der Waals surface area contributed by atoms with E-state index in [-0.39, 0.29) is 23.8 Å². The maximum absolute atomic E-state index is 12.1. The number of aryl methyl sites for hydroxylation is 2. The van der Waals surface area contributed by atoms with Crippen molar-refractivity contribution in [2.45, 2.75) is 52.9 Å². The number of carbonyl (C=O) groups excluding carboxylic acids is 2. The normalized spacial score (nSPS) is 11.1. The fraction of sp³-hybridized carbons (Fsp3) is 0.391. The Labute approximate surface area is 162 Å². The predicted octanol–water partition coefficient (Wildman–Crippen LogP) is 4.29. The van der Waals surface area contributed by atoms with E-state index in [1.165, 1.54) is 5.56 Å². The van der Waals surface area contributed by atoms with Gasteiger partial charge in [-0.15, -0.1) is 0 Å². The molecular formula is C23H30N2O2. The number of benzene rings is 2. The summed E-state index contributed by atoms with van der Waals surface area (Å²) in [6, 6.07) is 14.1. The summed E-state index contributed by atoms with van der Waals surface area (Å²) in [5.41, 5.74) is 5.47. The molecule has 0 unspecified atom stereocenters. The summed E-state index contributed by atoms with van der Waals surface area (Å²) in [4.78, 5) is 24.1. The lowest BCUT2D eigenvalue weighted by atomic mass is 9.86. The summed E-state index contributed by atoms with van der Waals surface area (Å²) in [7, 11) is 0. The maximum atomic E-state index is 12.1. The number of hydrogen-bond donors (Lipinski definition) is 2. The molecule has 0 saturated heterocycles. The van der Waals surface area contributed by atoms with Gasteiger partial charge in [0.05, 0.1) is 6.54 Å². The van der Waals surface area contributed by atoms with E-state index in [1.807, 2.05) is 32.0 Å². The molecule has 2 amide bonds. The second-order valence-corrected chi connectivity index (χ2v) is 8.02. The lowest BCUT2D eigenvalue weighted by molar-refractivity contribution is -0.124. The number of carbonyl (C=O) groups is 2. The Morgan fingerprint density at radius 2 is 1.59 bits per heavy atom. The average Bonchev–Trinajstić information content (AvgIpc) is 2.61. The number of rotatable bonds is 6. The molecule has 27 heavy (non-hydrogen) atoms. The summed E-state index contributed by atoms with van der Waals surface area (Å²) in [6.07, 6.45) is 1.03. The standard InChI is InChI=1S/C23H30N2O2/c1-16-7-6-8-20(17(16)2)25-22(27)15-24-21(26)14-11-18-9-12-19(13-10-18)23(3,4)5/h6-10,12-13H,11,14-15H2,1-5H3,(H,24,26)(H,25,27). The first-order valence-electron chi connectivity index (χ1n) is 9.39. The van der Waals surface area contributed by atoms with Crippen molar-refractivity contribution in [3.8, 4) is 0 Å². The second kappa shape index (κ2) is 8.85. The van der Waals surface area contributed by atoms with Gasteiger partial charge in [-0.05, 0) is 54.0 Å². The van der Waals surface area contributed by atoms with E-state index >= 15 is 0 Å². The van der Waals surface area contributed by atoms with Crippen LogP contribution in [0.25, 0.3) is 0 Å². The SMILES string of the molecule is Cc1cccc(NC(=O)CNC(=O)CCc2ccc(C(C)(C)C)cc2)c1C. The Morgan fingerprint density at radius 3 is 2.22 bits per heavy atom. The van der Waals surface area contributed by atoms with Gasteiger partial charge in [0.2, 0.25) is 11.8 Å². The van der Waals surface area contributed by atoms with Gasteiger partial charge >= 0.3 is 0 Å².